The number of carbonyl (C=O) groups is 2. The van der Waals surface area contributed by atoms with E-state index in [0.29, 0.717) is 0 Å². The molecule has 3 aromatic rings. The summed E-state index contributed by atoms with van der Waals surface area (Å²) in [5, 5.41) is 3.29. The minimum Gasteiger partial charge on any atom is -0.350 e. The van der Waals surface area contributed by atoms with Crippen LogP contribution in [0.3, 0.4) is 0 Å². The third-order valence-electron chi connectivity index (χ3n) is 6.01. The van der Waals surface area contributed by atoms with E-state index in [4.69, 9.17) is 23.2 Å². The Morgan fingerprint density at radius 1 is 0.950 bits per heavy atom. The smallest absolute Gasteiger partial charge is 0.264 e. The zero-order valence-electron chi connectivity index (χ0n) is 22.9. The summed E-state index contributed by atoms with van der Waals surface area (Å²) in [4.78, 5) is 28.5. The molecule has 0 aromatic heterocycles. The van der Waals surface area contributed by atoms with Crippen LogP contribution in [0.15, 0.2) is 76.1 Å². The first-order chi connectivity index (χ1) is 18.6. The number of benzene rings is 3. The van der Waals surface area contributed by atoms with E-state index in [2.05, 4.69) is 21.2 Å². The van der Waals surface area contributed by atoms with E-state index >= 15 is 0 Å². The van der Waals surface area contributed by atoms with Crippen LogP contribution >= 0.6 is 39.1 Å². The quantitative estimate of drug-likeness (QED) is 0.279. The van der Waals surface area contributed by atoms with E-state index < -0.39 is 34.1 Å². The number of sulfonamides is 1. The van der Waals surface area contributed by atoms with E-state index in [-0.39, 0.29) is 33.1 Å². The van der Waals surface area contributed by atoms with Gasteiger partial charge in [-0.1, -0.05) is 69.0 Å². The highest BCUT2D eigenvalue weighted by Crippen LogP contribution is 2.31. The van der Waals surface area contributed by atoms with Crippen molar-refractivity contribution in [1.82, 2.24) is 10.2 Å². The number of nitrogens with one attached hydrogen (secondary N) is 1. The summed E-state index contributed by atoms with van der Waals surface area (Å²) in [6, 6.07) is 17.1. The van der Waals surface area contributed by atoms with Crippen LogP contribution < -0.4 is 9.62 Å². The minimum atomic E-state index is -4.20. The SMILES string of the molecule is Cc1ccc(S(=O)(=O)N(CC(=O)N(Cc2ccc(Br)cc2)[C@H](C)C(=O)NC(C)(C)C)c2ccc(Cl)c(Cl)c2)cc1. The maximum atomic E-state index is 14.0. The lowest BCUT2D eigenvalue weighted by Gasteiger charge is -2.33. The highest BCUT2D eigenvalue weighted by atomic mass is 79.9. The van der Waals surface area contributed by atoms with Crippen LogP contribution in [0.5, 0.6) is 0 Å². The molecule has 0 radical (unpaired) electrons. The molecule has 0 aliphatic carbocycles. The Morgan fingerprint density at radius 2 is 1.55 bits per heavy atom. The van der Waals surface area contributed by atoms with Gasteiger partial charge in [0.05, 0.1) is 20.6 Å². The maximum absolute atomic E-state index is 14.0. The molecule has 3 rings (SSSR count). The fraction of sp³-hybridized carbons (Fsp3) is 0.310. The lowest BCUT2D eigenvalue weighted by molar-refractivity contribution is -0.140. The van der Waals surface area contributed by atoms with Crippen molar-refractivity contribution in [2.24, 2.45) is 0 Å². The van der Waals surface area contributed by atoms with Crippen LogP contribution in [0.25, 0.3) is 0 Å². The first-order valence-corrected chi connectivity index (χ1v) is 15.5. The second kappa shape index (κ2) is 12.9. The third-order valence-corrected chi connectivity index (χ3v) is 9.07. The molecule has 214 valence electrons. The number of nitrogens with zero attached hydrogens (tertiary/aromatic N) is 2. The van der Waals surface area contributed by atoms with E-state index in [9.17, 15) is 18.0 Å². The second-order valence-corrected chi connectivity index (χ2v) is 14.1. The fourth-order valence-corrected chi connectivity index (χ4v) is 5.81. The van der Waals surface area contributed by atoms with Crippen molar-refractivity contribution in [3.8, 4) is 0 Å². The van der Waals surface area contributed by atoms with Crippen molar-refractivity contribution in [3.05, 3.63) is 92.4 Å². The Morgan fingerprint density at radius 3 is 2.10 bits per heavy atom. The average molecular weight is 669 g/mol. The molecule has 1 N–H and O–H groups in total. The molecule has 0 aliphatic rings. The van der Waals surface area contributed by atoms with Gasteiger partial charge in [-0.3, -0.25) is 13.9 Å². The predicted octanol–water partition coefficient (Wildman–Crippen LogP) is 6.59. The number of hydrogen-bond acceptors (Lipinski definition) is 4. The van der Waals surface area contributed by atoms with Gasteiger partial charge in [0.25, 0.3) is 10.0 Å². The molecule has 0 spiro atoms. The van der Waals surface area contributed by atoms with E-state index in [0.717, 1.165) is 19.9 Å². The zero-order chi connectivity index (χ0) is 29.8. The van der Waals surface area contributed by atoms with Crippen LogP contribution in [-0.2, 0) is 26.2 Å². The highest BCUT2D eigenvalue weighted by molar-refractivity contribution is 9.10. The summed E-state index contributed by atoms with van der Waals surface area (Å²) >= 11 is 15.7. The van der Waals surface area contributed by atoms with Gasteiger partial charge in [0.2, 0.25) is 11.8 Å². The van der Waals surface area contributed by atoms with Gasteiger partial charge in [0, 0.05) is 16.6 Å². The lowest BCUT2D eigenvalue weighted by atomic mass is 10.1. The summed E-state index contributed by atoms with van der Waals surface area (Å²) in [6.45, 7) is 8.52. The summed E-state index contributed by atoms with van der Waals surface area (Å²) < 4.78 is 29.6. The van der Waals surface area contributed by atoms with Gasteiger partial charge in [0.1, 0.15) is 12.6 Å². The summed E-state index contributed by atoms with van der Waals surface area (Å²) in [6.07, 6.45) is 0. The van der Waals surface area contributed by atoms with Crippen LogP contribution in [0.2, 0.25) is 10.0 Å². The molecule has 0 unspecified atom stereocenters. The average Bonchev–Trinajstić information content (AvgIpc) is 2.87. The zero-order valence-corrected chi connectivity index (χ0v) is 26.8. The molecule has 0 heterocycles. The van der Waals surface area contributed by atoms with Crippen LogP contribution in [0.4, 0.5) is 5.69 Å². The van der Waals surface area contributed by atoms with Gasteiger partial charge < -0.3 is 10.2 Å². The Bertz CT molecular complexity index is 1470. The molecule has 0 bridgehead atoms. The van der Waals surface area contributed by atoms with E-state index in [1.165, 1.54) is 35.2 Å². The lowest BCUT2D eigenvalue weighted by Crippen LogP contribution is -2.54. The van der Waals surface area contributed by atoms with E-state index in [1.54, 1.807) is 19.1 Å². The standard InChI is InChI=1S/C29H32BrCl2N3O4S/c1-19-6-13-24(14-7-19)40(38,39)35(23-12-15-25(31)26(32)16-23)18-27(36)34(17-21-8-10-22(30)11-9-21)20(2)28(37)33-29(3,4)5/h6-16,20H,17-18H2,1-5H3,(H,33,37)/t20-/m1/s1. The maximum Gasteiger partial charge on any atom is 0.264 e. The summed E-state index contributed by atoms with van der Waals surface area (Å²) in [7, 11) is -4.20. The molecule has 0 saturated carbocycles. The molecule has 2 amide bonds. The Kier molecular flexibility index (Phi) is 10.3. The van der Waals surface area contributed by atoms with E-state index in [1.807, 2.05) is 52.0 Å². The molecule has 0 saturated heterocycles. The molecule has 7 nitrogen and oxygen atoms in total. The first-order valence-electron chi connectivity index (χ1n) is 12.5. The highest BCUT2D eigenvalue weighted by Gasteiger charge is 2.33. The van der Waals surface area contributed by atoms with Crippen molar-refractivity contribution < 1.29 is 18.0 Å². The van der Waals surface area contributed by atoms with Crippen molar-refractivity contribution in [3.63, 3.8) is 0 Å². The van der Waals surface area contributed by atoms with Crippen molar-refractivity contribution in [2.45, 2.75) is 57.6 Å². The van der Waals surface area contributed by atoms with Gasteiger partial charge >= 0.3 is 0 Å². The number of aryl methyl sites for hydroxylation is 1. The Labute approximate surface area is 254 Å². The fourth-order valence-electron chi connectivity index (χ4n) is 3.85. The molecule has 1 atom stereocenters. The molecule has 40 heavy (non-hydrogen) atoms. The number of carbonyl (C=O) groups excluding carboxylic acids is 2. The monoisotopic (exact) mass is 667 g/mol. The largest absolute Gasteiger partial charge is 0.350 e. The first kappa shape index (κ1) is 31.9. The molecular weight excluding hydrogens is 637 g/mol. The second-order valence-electron chi connectivity index (χ2n) is 10.5. The van der Waals surface area contributed by atoms with Crippen LogP contribution in [-0.4, -0.2) is 43.3 Å². The number of rotatable bonds is 9. The number of hydrogen-bond donors (Lipinski definition) is 1. The third kappa shape index (κ3) is 8.22. The van der Waals surface area contributed by atoms with Crippen molar-refractivity contribution in [2.75, 3.05) is 10.8 Å². The topological polar surface area (TPSA) is 86.8 Å². The molecule has 11 heteroatoms. The van der Waals surface area contributed by atoms with Crippen molar-refractivity contribution >= 4 is 66.7 Å². The number of halogens is 3. The number of amides is 2. The van der Waals surface area contributed by atoms with Gasteiger partial charge in [0.15, 0.2) is 0 Å². The van der Waals surface area contributed by atoms with Crippen LogP contribution in [0.1, 0.15) is 38.8 Å². The normalized spacial score (nSPS) is 12.5. The Hall–Kier alpha value is -2.59. The summed E-state index contributed by atoms with van der Waals surface area (Å²) in [5.74, 6) is -0.929. The van der Waals surface area contributed by atoms with Crippen molar-refractivity contribution in [1.29, 1.82) is 0 Å². The Balaban J connectivity index is 2.06. The van der Waals surface area contributed by atoms with Gasteiger partial charge in [-0.2, -0.15) is 0 Å². The minimum absolute atomic E-state index is 0.00922. The predicted molar refractivity (Wildman–Crippen MR) is 164 cm³/mol. The molecule has 3 aromatic carbocycles. The molecule has 0 aliphatic heterocycles. The summed E-state index contributed by atoms with van der Waals surface area (Å²) in [5.41, 5.74) is 1.29. The van der Waals surface area contributed by atoms with Gasteiger partial charge in [-0.05, 0) is 82.6 Å². The van der Waals surface area contributed by atoms with Gasteiger partial charge in [-0.15, -0.1) is 0 Å². The number of anilines is 1. The van der Waals surface area contributed by atoms with Gasteiger partial charge in [-0.25, -0.2) is 8.42 Å². The molecule has 0 fully saturated rings. The van der Waals surface area contributed by atoms with Crippen LogP contribution in [0, 0.1) is 6.92 Å². The molecular formula is C29H32BrCl2N3O4S.